The number of fused-ring (bicyclic) bond motifs is 1. The highest BCUT2D eigenvalue weighted by Crippen LogP contribution is 2.30. The molecule has 35 heavy (non-hydrogen) atoms. The van der Waals surface area contributed by atoms with Gasteiger partial charge in [0, 0.05) is 23.9 Å². The monoisotopic (exact) mass is 476 g/mol. The minimum Gasteiger partial charge on any atom is -0.463 e. The highest BCUT2D eigenvalue weighted by atomic mass is 19.4. The van der Waals surface area contributed by atoms with Gasteiger partial charge in [0.2, 0.25) is 0 Å². The van der Waals surface area contributed by atoms with Crippen molar-refractivity contribution in [2.75, 3.05) is 5.32 Å². The van der Waals surface area contributed by atoms with E-state index in [-0.39, 0.29) is 5.56 Å². The summed E-state index contributed by atoms with van der Waals surface area (Å²) in [6, 6.07) is 15.1. The topological polar surface area (TPSA) is 83.8 Å². The van der Waals surface area contributed by atoms with E-state index in [9.17, 15) is 18.0 Å². The van der Waals surface area contributed by atoms with E-state index in [0.29, 0.717) is 29.4 Å². The van der Waals surface area contributed by atoms with E-state index in [2.05, 4.69) is 15.3 Å². The van der Waals surface area contributed by atoms with E-state index in [1.165, 1.54) is 12.1 Å². The number of nitrogens with zero attached hydrogens (tertiary/aromatic N) is 2. The van der Waals surface area contributed by atoms with E-state index in [1.807, 2.05) is 25.1 Å². The van der Waals surface area contributed by atoms with Gasteiger partial charge in [-0.05, 0) is 66.6 Å². The van der Waals surface area contributed by atoms with Gasteiger partial charge in [0.15, 0.2) is 5.76 Å². The van der Waals surface area contributed by atoms with Crippen LogP contribution in [0, 0.1) is 6.92 Å². The minimum atomic E-state index is -4.53. The van der Waals surface area contributed by atoms with Crippen molar-refractivity contribution in [1.29, 1.82) is 0 Å². The molecule has 1 amide bonds. The Hall–Kier alpha value is -4.40. The molecule has 6 nitrogen and oxygen atoms in total. The Kier molecular flexibility index (Phi) is 5.60. The highest BCUT2D eigenvalue weighted by Gasteiger charge is 2.30. The number of rotatable bonds is 5. The lowest BCUT2D eigenvalue weighted by molar-refractivity contribution is -0.137. The third-order valence-corrected chi connectivity index (χ3v) is 5.61. The number of hydrogen-bond donors (Lipinski definition) is 2. The summed E-state index contributed by atoms with van der Waals surface area (Å²) in [5.74, 6) is 0.545. The molecule has 0 saturated carbocycles. The fourth-order valence-electron chi connectivity index (χ4n) is 3.81. The summed E-state index contributed by atoms with van der Waals surface area (Å²) in [4.78, 5) is 25.1. The average Bonchev–Trinajstić information content (AvgIpc) is 3.52. The van der Waals surface area contributed by atoms with Crippen molar-refractivity contribution >= 4 is 22.6 Å². The van der Waals surface area contributed by atoms with Gasteiger partial charge in [0.05, 0.1) is 22.9 Å². The van der Waals surface area contributed by atoms with Crippen LogP contribution < -0.4 is 5.32 Å². The maximum Gasteiger partial charge on any atom is 0.416 e. The van der Waals surface area contributed by atoms with Crippen molar-refractivity contribution in [2.24, 2.45) is 0 Å². The number of aryl methyl sites for hydroxylation is 1. The second kappa shape index (κ2) is 8.75. The molecule has 2 aromatic carbocycles. The summed E-state index contributed by atoms with van der Waals surface area (Å²) in [5, 5.41) is 2.68. The van der Waals surface area contributed by atoms with Gasteiger partial charge < -0.3 is 14.7 Å². The van der Waals surface area contributed by atoms with Gasteiger partial charge in [-0.2, -0.15) is 13.2 Å². The number of alkyl halides is 3. The zero-order valence-electron chi connectivity index (χ0n) is 18.5. The molecule has 176 valence electrons. The Labute approximate surface area is 197 Å². The molecule has 0 unspecified atom stereocenters. The van der Waals surface area contributed by atoms with Crippen molar-refractivity contribution in [3.05, 3.63) is 101 Å². The van der Waals surface area contributed by atoms with Crippen LogP contribution in [0.15, 0.2) is 77.5 Å². The number of amides is 1. The summed E-state index contributed by atoms with van der Waals surface area (Å²) in [7, 11) is 0. The molecule has 5 aromatic rings. The number of aromatic nitrogens is 3. The molecular weight excluding hydrogens is 457 g/mol. The zero-order chi connectivity index (χ0) is 24.6. The largest absolute Gasteiger partial charge is 0.463 e. The van der Waals surface area contributed by atoms with Gasteiger partial charge in [0.1, 0.15) is 11.5 Å². The fourth-order valence-corrected chi connectivity index (χ4v) is 3.81. The number of hydrogen-bond acceptors (Lipinski definition) is 4. The van der Waals surface area contributed by atoms with Gasteiger partial charge in [-0.25, -0.2) is 9.97 Å². The summed E-state index contributed by atoms with van der Waals surface area (Å²) in [5.41, 5.74) is 3.49. The van der Waals surface area contributed by atoms with Gasteiger partial charge in [-0.3, -0.25) is 4.79 Å². The van der Waals surface area contributed by atoms with Crippen molar-refractivity contribution in [3.8, 4) is 11.5 Å². The normalized spacial score (nSPS) is 11.7. The molecule has 0 saturated heterocycles. The molecule has 3 heterocycles. The van der Waals surface area contributed by atoms with Crippen LogP contribution in [-0.4, -0.2) is 20.9 Å². The van der Waals surface area contributed by atoms with Crippen molar-refractivity contribution < 1.29 is 22.4 Å². The molecule has 5 rings (SSSR count). The number of nitrogens with one attached hydrogen (secondary N) is 2. The quantitative estimate of drug-likeness (QED) is 0.308. The maximum atomic E-state index is 13.0. The SMILES string of the molecule is Cc1ccc(NC(=O)c2cccc(C(F)(F)F)c2)cc1Cc1nc(-c2ccco2)c2[nH]ccc2n1. The second-order valence-corrected chi connectivity index (χ2v) is 8.05. The van der Waals surface area contributed by atoms with E-state index >= 15 is 0 Å². The molecule has 0 radical (unpaired) electrons. The van der Waals surface area contributed by atoms with Crippen LogP contribution in [0.3, 0.4) is 0 Å². The maximum absolute atomic E-state index is 13.0. The molecular formula is C26H19F3N4O2. The number of carbonyl (C=O) groups is 1. The number of furan rings is 1. The third kappa shape index (κ3) is 4.65. The lowest BCUT2D eigenvalue weighted by Gasteiger charge is -2.12. The van der Waals surface area contributed by atoms with E-state index in [4.69, 9.17) is 9.40 Å². The minimum absolute atomic E-state index is 0.0775. The van der Waals surface area contributed by atoms with Crippen LogP contribution in [0.25, 0.3) is 22.5 Å². The Balaban J connectivity index is 1.42. The molecule has 0 aliphatic rings. The van der Waals surface area contributed by atoms with E-state index < -0.39 is 17.6 Å². The van der Waals surface area contributed by atoms with Crippen LogP contribution in [0.1, 0.15) is 32.9 Å². The zero-order valence-corrected chi connectivity index (χ0v) is 18.5. The lowest BCUT2D eigenvalue weighted by Crippen LogP contribution is -2.14. The first-order chi connectivity index (χ1) is 16.8. The Morgan fingerprint density at radius 2 is 1.91 bits per heavy atom. The first kappa shape index (κ1) is 22.4. The lowest BCUT2D eigenvalue weighted by atomic mass is 10.0. The summed E-state index contributed by atoms with van der Waals surface area (Å²) < 4.78 is 44.6. The van der Waals surface area contributed by atoms with Gasteiger partial charge >= 0.3 is 6.18 Å². The smallest absolute Gasteiger partial charge is 0.416 e. The van der Waals surface area contributed by atoms with Crippen LogP contribution in [0.4, 0.5) is 18.9 Å². The Morgan fingerprint density at radius 1 is 1.06 bits per heavy atom. The number of H-pyrrole nitrogens is 1. The van der Waals surface area contributed by atoms with Gasteiger partial charge in [-0.15, -0.1) is 0 Å². The number of benzene rings is 2. The van der Waals surface area contributed by atoms with E-state index in [1.54, 1.807) is 30.7 Å². The molecule has 0 bridgehead atoms. The molecule has 2 N–H and O–H groups in total. The van der Waals surface area contributed by atoms with Crippen molar-refractivity contribution in [3.63, 3.8) is 0 Å². The first-order valence-electron chi connectivity index (χ1n) is 10.7. The second-order valence-electron chi connectivity index (χ2n) is 8.05. The molecule has 0 fully saturated rings. The van der Waals surface area contributed by atoms with Crippen LogP contribution in [0.5, 0.6) is 0 Å². The van der Waals surface area contributed by atoms with Gasteiger partial charge in [0.25, 0.3) is 5.91 Å². The standard InChI is InChI=1S/C26H19F3N4O2/c1-15-7-8-19(31-25(34)16-4-2-5-18(12-16)26(27,28)29)13-17(15)14-22-32-20-9-10-30-23(20)24(33-22)21-6-3-11-35-21/h2-13,30H,14H2,1H3,(H,31,34). The fraction of sp³-hybridized carbons (Fsp3) is 0.115. The Morgan fingerprint density at radius 3 is 2.69 bits per heavy atom. The summed E-state index contributed by atoms with van der Waals surface area (Å²) in [6.45, 7) is 1.93. The van der Waals surface area contributed by atoms with Crippen LogP contribution in [0.2, 0.25) is 0 Å². The predicted octanol–water partition coefficient (Wildman–Crippen LogP) is 6.39. The third-order valence-electron chi connectivity index (χ3n) is 5.61. The van der Waals surface area contributed by atoms with Crippen molar-refractivity contribution in [1.82, 2.24) is 15.0 Å². The highest BCUT2D eigenvalue weighted by molar-refractivity contribution is 6.04. The van der Waals surface area contributed by atoms with Crippen molar-refractivity contribution in [2.45, 2.75) is 19.5 Å². The summed E-state index contributed by atoms with van der Waals surface area (Å²) >= 11 is 0. The number of carbonyl (C=O) groups excluding carboxylic acids is 1. The first-order valence-corrected chi connectivity index (χ1v) is 10.7. The number of halogens is 3. The van der Waals surface area contributed by atoms with Crippen LogP contribution >= 0.6 is 0 Å². The average molecular weight is 476 g/mol. The molecule has 0 spiro atoms. The van der Waals surface area contributed by atoms with Gasteiger partial charge in [-0.1, -0.05) is 12.1 Å². The Bertz CT molecular complexity index is 1520. The molecule has 9 heteroatoms. The number of aromatic amines is 1. The molecule has 0 atom stereocenters. The van der Waals surface area contributed by atoms with E-state index in [0.717, 1.165) is 34.3 Å². The van der Waals surface area contributed by atoms with Crippen LogP contribution in [-0.2, 0) is 12.6 Å². The molecule has 0 aliphatic heterocycles. The number of anilines is 1. The molecule has 0 aliphatic carbocycles. The molecule has 3 aromatic heterocycles. The predicted molar refractivity (Wildman–Crippen MR) is 125 cm³/mol. The summed E-state index contributed by atoms with van der Waals surface area (Å²) in [6.07, 6.45) is -0.784.